The zero-order valence-corrected chi connectivity index (χ0v) is 13.7. The molecule has 0 aromatic carbocycles. The number of hydrogen-bond donors (Lipinski definition) is 1. The van der Waals surface area contributed by atoms with Gasteiger partial charge in [-0.1, -0.05) is 18.3 Å². The smallest absolute Gasteiger partial charge is 0.185 e. The molecule has 0 amide bonds. The Morgan fingerprint density at radius 2 is 2.05 bits per heavy atom. The molecule has 0 aliphatic rings. The van der Waals surface area contributed by atoms with Crippen molar-refractivity contribution in [3.05, 3.63) is 11.1 Å². The summed E-state index contributed by atoms with van der Waals surface area (Å²) in [6.07, 6.45) is 0.935. The predicted octanol–water partition coefficient (Wildman–Crippen LogP) is 3.72. The largest absolute Gasteiger partial charge is 0.359 e. The van der Waals surface area contributed by atoms with Crippen LogP contribution in [0.25, 0.3) is 10.6 Å². The number of aromatic nitrogens is 2. The standard InChI is InChI=1S/C13H20N4S2/c1-6-9-11(19-13(16-9)17(4)5)10-7-18-12(15-10)14-8(2)3/h7-8H,6H2,1-5H3,(H,14,15). The minimum atomic E-state index is 0.406. The molecule has 0 bridgehead atoms. The lowest BCUT2D eigenvalue weighted by atomic mass is 10.2. The molecular weight excluding hydrogens is 276 g/mol. The second-order valence-electron chi connectivity index (χ2n) is 4.86. The van der Waals surface area contributed by atoms with Gasteiger partial charge in [0.2, 0.25) is 0 Å². The van der Waals surface area contributed by atoms with E-state index in [1.165, 1.54) is 4.88 Å². The summed E-state index contributed by atoms with van der Waals surface area (Å²) in [5.41, 5.74) is 2.17. The third-order valence-corrected chi connectivity index (χ3v) is 4.61. The van der Waals surface area contributed by atoms with Gasteiger partial charge < -0.3 is 10.2 Å². The lowest BCUT2D eigenvalue weighted by Gasteiger charge is -2.05. The Kier molecular flexibility index (Phi) is 4.42. The first-order valence-electron chi connectivity index (χ1n) is 6.40. The van der Waals surface area contributed by atoms with Crippen molar-refractivity contribution >= 4 is 32.9 Å². The number of anilines is 2. The van der Waals surface area contributed by atoms with Gasteiger partial charge in [-0.05, 0) is 20.3 Å². The van der Waals surface area contributed by atoms with Gasteiger partial charge in [-0.3, -0.25) is 0 Å². The molecule has 2 aromatic rings. The molecule has 4 nitrogen and oxygen atoms in total. The zero-order valence-electron chi connectivity index (χ0n) is 12.0. The fourth-order valence-corrected chi connectivity index (χ4v) is 3.62. The molecule has 1 N–H and O–H groups in total. The van der Waals surface area contributed by atoms with Crippen molar-refractivity contribution in [2.75, 3.05) is 24.3 Å². The van der Waals surface area contributed by atoms with Crippen molar-refractivity contribution in [1.82, 2.24) is 9.97 Å². The normalized spacial score (nSPS) is 11.1. The Hall–Kier alpha value is -1.14. The van der Waals surface area contributed by atoms with E-state index in [9.17, 15) is 0 Å². The molecule has 0 unspecified atom stereocenters. The summed E-state index contributed by atoms with van der Waals surface area (Å²) >= 11 is 3.36. The molecule has 0 atom stereocenters. The van der Waals surface area contributed by atoms with Crippen LogP contribution in [-0.2, 0) is 6.42 Å². The average molecular weight is 296 g/mol. The second-order valence-corrected chi connectivity index (χ2v) is 6.69. The Morgan fingerprint density at radius 1 is 1.32 bits per heavy atom. The van der Waals surface area contributed by atoms with Crippen LogP contribution in [-0.4, -0.2) is 30.1 Å². The van der Waals surface area contributed by atoms with Crippen LogP contribution in [0.1, 0.15) is 26.5 Å². The monoisotopic (exact) mass is 296 g/mol. The van der Waals surface area contributed by atoms with E-state index in [1.54, 1.807) is 22.7 Å². The number of nitrogens with one attached hydrogen (secondary N) is 1. The van der Waals surface area contributed by atoms with Crippen LogP contribution in [0.2, 0.25) is 0 Å². The average Bonchev–Trinajstić information content (AvgIpc) is 2.93. The van der Waals surface area contributed by atoms with E-state index in [-0.39, 0.29) is 0 Å². The third-order valence-electron chi connectivity index (χ3n) is 2.55. The molecule has 0 fully saturated rings. The highest BCUT2D eigenvalue weighted by atomic mass is 32.1. The highest BCUT2D eigenvalue weighted by Gasteiger charge is 2.15. The summed E-state index contributed by atoms with van der Waals surface area (Å²) in [5, 5.41) is 7.47. The van der Waals surface area contributed by atoms with Crippen molar-refractivity contribution in [2.24, 2.45) is 0 Å². The van der Waals surface area contributed by atoms with Crippen LogP contribution < -0.4 is 10.2 Å². The molecule has 104 valence electrons. The van der Waals surface area contributed by atoms with Gasteiger partial charge in [-0.2, -0.15) is 0 Å². The van der Waals surface area contributed by atoms with Gasteiger partial charge in [0.05, 0.1) is 16.3 Å². The van der Waals surface area contributed by atoms with Crippen molar-refractivity contribution in [3.63, 3.8) is 0 Å². The van der Waals surface area contributed by atoms with Gasteiger partial charge in [0.25, 0.3) is 0 Å². The van der Waals surface area contributed by atoms with Gasteiger partial charge in [0.15, 0.2) is 10.3 Å². The summed E-state index contributed by atoms with van der Waals surface area (Å²) in [7, 11) is 4.05. The van der Waals surface area contributed by atoms with Gasteiger partial charge in [0, 0.05) is 25.5 Å². The summed E-state index contributed by atoms with van der Waals surface area (Å²) in [4.78, 5) is 12.6. The van der Waals surface area contributed by atoms with Crippen LogP contribution in [0.15, 0.2) is 5.38 Å². The summed E-state index contributed by atoms with van der Waals surface area (Å²) in [6, 6.07) is 0.406. The van der Waals surface area contributed by atoms with Crippen LogP contribution in [0.4, 0.5) is 10.3 Å². The Bertz CT molecular complexity index is 543. The van der Waals surface area contributed by atoms with Gasteiger partial charge in [0.1, 0.15) is 0 Å². The Labute approximate surface area is 122 Å². The van der Waals surface area contributed by atoms with E-state index in [0.29, 0.717) is 6.04 Å². The number of thiazole rings is 2. The van der Waals surface area contributed by atoms with E-state index < -0.39 is 0 Å². The first-order chi connectivity index (χ1) is 9.01. The van der Waals surface area contributed by atoms with Crippen LogP contribution in [0.5, 0.6) is 0 Å². The number of aryl methyl sites for hydroxylation is 1. The van der Waals surface area contributed by atoms with Gasteiger partial charge in [-0.15, -0.1) is 11.3 Å². The van der Waals surface area contributed by atoms with Crippen molar-refractivity contribution in [3.8, 4) is 10.6 Å². The summed E-state index contributed by atoms with van der Waals surface area (Å²) in [6.45, 7) is 6.38. The van der Waals surface area contributed by atoms with Crippen LogP contribution >= 0.6 is 22.7 Å². The molecule has 6 heteroatoms. The predicted molar refractivity (Wildman–Crippen MR) is 85.7 cm³/mol. The number of rotatable bonds is 5. The maximum absolute atomic E-state index is 4.66. The topological polar surface area (TPSA) is 41.1 Å². The molecule has 2 rings (SSSR count). The van der Waals surface area contributed by atoms with E-state index >= 15 is 0 Å². The summed E-state index contributed by atoms with van der Waals surface area (Å²) in [5.74, 6) is 0. The maximum atomic E-state index is 4.66. The van der Waals surface area contributed by atoms with Crippen molar-refractivity contribution < 1.29 is 0 Å². The fraction of sp³-hybridized carbons (Fsp3) is 0.538. The van der Waals surface area contributed by atoms with Crippen LogP contribution in [0, 0.1) is 0 Å². The molecule has 0 aliphatic carbocycles. The lowest BCUT2D eigenvalue weighted by molar-refractivity contribution is 0.897. The fourth-order valence-electron chi connectivity index (χ4n) is 1.66. The molecule has 2 heterocycles. The minimum Gasteiger partial charge on any atom is -0.359 e. The Balaban J connectivity index is 2.32. The SMILES string of the molecule is CCc1nc(N(C)C)sc1-c1csc(NC(C)C)n1. The first kappa shape index (κ1) is 14.3. The molecule has 2 aromatic heterocycles. The van der Waals surface area contributed by atoms with E-state index in [0.717, 1.165) is 28.1 Å². The highest BCUT2D eigenvalue weighted by Crippen LogP contribution is 2.36. The van der Waals surface area contributed by atoms with Gasteiger partial charge in [-0.25, -0.2) is 9.97 Å². The quantitative estimate of drug-likeness (QED) is 0.913. The first-order valence-corrected chi connectivity index (χ1v) is 8.10. The van der Waals surface area contributed by atoms with E-state index in [1.807, 2.05) is 19.0 Å². The molecular formula is C13H20N4S2. The zero-order chi connectivity index (χ0) is 14.0. The highest BCUT2D eigenvalue weighted by molar-refractivity contribution is 7.19. The summed E-state index contributed by atoms with van der Waals surface area (Å²) < 4.78 is 0. The van der Waals surface area contributed by atoms with Crippen molar-refractivity contribution in [2.45, 2.75) is 33.2 Å². The van der Waals surface area contributed by atoms with E-state index in [4.69, 9.17) is 0 Å². The third kappa shape index (κ3) is 3.25. The number of hydrogen-bond acceptors (Lipinski definition) is 6. The van der Waals surface area contributed by atoms with Crippen LogP contribution in [0.3, 0.4) is 0 Å². The van der Waals surface area contributed by atoms with Gasteiger partial charge >= 0.3 is 0 Å². The van der Waals surface area contributed by atoms with Crippen molar-refractivity contribution in [1.29, 1.82) is 0 Å². The number of nitrogens with zero attached hydrogens (tertiary/aromatic N) is 3. The lowest BCUT2D eigenvalue weighted by Crippen LogP contribution is -2.08. The maximum Gasteiger partial charge on any atom is 0.185 e. The molecule has 0 radical (unpaired) electrons. The second kappa shape index (κ2) is 5.88. The molecule has 0 spiro atoms. The molecule has 19 heavy (non-hydrogen) atoms. The molecule has 0 saturated heterocycles. The minimum absolute atomic E-state index is 0.406. The molecule has 0 saturated carbocycles. The molecule has 0 aliphatic heterocycles. The Morgan fingerprint density at radius 3 is 2.63 bits per heavy atom. The van der Waals surface area contributed by atoms with E-state index in [2.05, 4.69) is 41.4 Å².